The maximum atomic E-state index is 13.2. The summed E-state index contributed by atoms with van der Waals surface area (Å²) in [5.74, 6) is 0. The van der Waals surface area contributed by atoms with Gasteiger partial charge in [0.1, 0.15) is 0 Å². The van der Waals surface area contributed by atoms with E-state index in [-0.39, 0.29) is 0 Å². The van der Waals surface area contributed by atoms with Gasteiger partial charge in [-0.15, -0.1) is 0 Å². The number of hydrogen-bond donors (Lipinski definition) is 0. The van der Waals surface area contributed by atoms with Gasteiger partial charge in [-0.1, -0.05) is 38.5 Å². The molecule has 16 heavy (non-hydrogen) atoms. The Bertz CT molecular complexity index is 233. The molecule has 2 fully saturated rings. The Morgan fingerprint density at radius 1 is 0.812 bits per heavy atom. The Labute approximate surface area is 102 Å². The molecule has 0 bridgehead atoms. The average Bonchev–Trinajstić information content (AvgIpc) is 2.40. The van der Waals surface area contributed by atoms with Gasteiger partial charge in [-0.25, -0.2) is 0 Å². The first-order chi connectivity index (χ1) is 7.77. The second kappa shape index (κ2) is 5.76. The average molecular weight is 238 g/mol. The quantitative estimate of drug-likeness (QED) is 0.533. The molecule has 1 nitrogen and oxygen atoms in total. The standard InChI is InChI=1S/C13H24BOP/c14-11-16(15,12-7-3-1-4-8-12)13-9-5-2-6-10-13/h12-13H,1-11H2. The van der Waals surface area contributed by atoms with Crippen molar-refractivity contribution in [3.05, 3.63) is 0 Å². The molecule has 2 saturated carbocycles. The third-order valence-corrected chi connectivity index (χ3v) is 8.75. The molecule has 90 valence electrons. The smallest absolute Gasteiger partial charge is 0.0854 e. The van der Waals surface area contributed by atoms with Crippen LogP contribution in [0.3, 0.4) is 0 Å². The summed E-state index contributed by atoms with van der Waals surface area (Å²) in [4.78, 5) is 0. The van der Waals surface area contributed by atoms with Crippen molar-refractivity contribution in [1.29, 1.82) is 0 Å². The highest BCUT2D eigenvalue weighted by Crippen LogP contribution is 2.61. The molecule has 0 aromatic rings. The molecular formula is C13H24BOP. The molecular weight excluding hydrogens is 214 g/mol. The van der Waals surface area contributed by atoms with Gasteiger partial charge in [-0.05, 0) is 31.7 Å². The summed E-state index contributed by atoms with van der Waals surface area (Å²) in [5, 5.41) is 0. The van der Waals surface area contributed by atoms with Crippen molar-refractivity contribution in [2.24, 2.45) is 0 Å². The lowest BCUT2D eigenvalue weighted by molar-refractivity contribution is 0.449. The van der Waals surface area contributed by atoms with Gasteiger partial charge in [0.2, 0.25) is 0 Å². The lowest BCUT2D eigenvalue weighted by atomic mass is 9.99. The van der Waals surface area contributed by atoms with Crippen LogP contribution in [0, 0.1) is 0 Å². The fourth-order valence-corrected chi connectivity index (χ4v) is 7.30. The predicted molar refractivity (Wildman–Crippen MR) is 72.0 cm³/mol. The molecule has 0 spiro atoms. The van der Waals surface area contributed by atoms with E-state index in [1.165, 1.54) is 64.2 Å². The normalized spacial score (nSPS) is 25.8. The Balaban J connectivity index is 2.06. The molecule has 2 rings (SSSR count). The zero-order valence-corrected chi connectivity index (χ0v) is 11.3. The first-order valence-corrected chi connectivity index (χ1v) is 9.09. The second-order valence-electron chi connectivity index (χ2n) is 5.62. The van der Waals surface area contributed by atoms with Crippen LogP contribution in [-0.2, 0) is 4.57 Å². The van der Waals surface area contributed by atoms with Gasteiger partial charge in [-0.2, -0.15) is 0 Å². The third kappa shape index (κ3) is 2.58. The predicted octanol–water partition coefficient (Wildman–Crippen LogP) is 4.14. The van der Waals surface area contributed by atoms with Crippen LogP contribution in [0.15, 0.2) is 0 Å². The zero-order chi connectivity index (χ0) is 11.4. The molecule has 0 aromatic heterocycles. The Morgan fingerprint density at radius 2 is 1.19 bits per heavy atom. The molecule has 0 amide bonds. The molecule has 0 aliphatic heterocycles. The zero-order valence-electron chi connectivity index (χ0n) is 10.4. The van der Waals surface area contributed by atoms with Crippen LogP contribution < -0.4 is 0 Å². The molecule has 2 aliphatic carbocycles. The van der Waals surface area contributed by atoms with Crippen molar-refractivity contribution < 1.29 is 4.57 Å². The molecule has 2 radical (unpaired) electrons. The molecule has 0 unspecified atom stereocenters. The van der Waals surface area contributed by atoms with Crippen molar-refractivity contribution in [2.45, 2.75) is 75.5 Å². The van der Waals surface area contributed by atoms with Gasteiger partial charge in [0.05, 0.1) is 15.0 Å². The van der Waals surface area contributed by atoms with Crippen LogP contribution in [0.4, 0.5) is 0 Å². The molecule has 0 atom stereocenters. The Hall–Kier alpha value is 0.295. The lowest BCUT2D eigenvalue weighted by Crippen LogP contribution is -2.25. The van der Waals surface area contributed by atoms with Crippen molar-refractivity contribution in [2.75, 3.05) is 6.06 Å². The highest BCUT2D eigenvalue weighted by molar-refractivity contribution is 7.66. The van der Waals surface area contributed by atoms with Crippen LogP contribution >= 0.6 is 7.14 Å². The van der Waals surface area contributed by atoms with E-state index in [0.717, 1.165) is 0 Å². The van der Waals surface area contributed by atoms with Crippen LogP contribution in [0.5, 0.6) is 0 Å². The molecule has 0 saturated heterocycles. The minimum Gasteiger partial charge on any atom is -0.324 e. The topological polar surface area (TPSA) is 17.1 Å². The molecule has 0 heterocycles. The number of hydrogen-bond acceptors (Lipinski definition) is 1. The van der Waals surface area contributed by atoms with Gasteiger partial charge in [-0.3, -0.25) is 0 Å². The van der Waals surface area contributed by atoms with E-state index in [1.807, 2.05) is 0 Å². The van der Waals surface area contributed by atoms with E-state index in [1.54, 1.807) is 0 Å². The fourth-order valence-electron chi connectivity index (χ4n) is 3.63. The summed E-state index contributed by atoms with van der Waals surface area (Å²) >= 11 is 0. The minimum atomic E-state index is -2.07. The maximum Gasteiger partial charge on any atom is 0.0854 e. The Morgan fingerprint density at radius 3 is 1.50 bits per heavy atom. The van der Waals surface area contributed by atoms with E-state index in [4.69, 9.17) is 7.85 Å². The van der Waals surface area contributed by atoms with Gasteiger partial charge in [0.15, 0.2) is 0 Å². The van der Waals surface area contributed by atoms with Crippen molar-refractivity contribution in [1.82, 2.24) is 0 Å². The monoisotopic (exact) mass is 238 g/mol. The van der Waals surface area contributed by atoms with E-state index < -0.39 is 7.14 Å². The summed E-state index contributed by atoms with van der Waals surface area (Å²) in [7, 11) is 3.83. The highest BCUT2D eigenvalue weighted by Gasteiger charge is 2.38. The Kier molecular flexibility index (Phi) is 4.59. The first kappa shape index (κ1) is 12.7. The van der Waals surface area contributed by atoms with Crippen LogP contribution in [0.25, 0.3) is 0 Å². The van der Waals surface area contributed by atoms with Gasteiger partial charge >= 0.3 is 0 Å². The number of rotatable bonds is 3. The summed E-state index contributed by atoms with van der Waals surface area (Å²) in [5.41, 5.74) is 0.962. The largest absolute Gasteiger partial charge is 0.324 e. The molecule has 0 aromatic carbocycles. The van der Waals surface area contributed by atoms with Gasteiger partial charge < -0.3 is 4.57 Å². The van der Waals surface area contributed by atoms with Crippen LogP contribution in [0.2, 0.25) is 0 Å². The van der Waals surface area contributed by atoms with Gasteiger partial charge in [0.25, 0.3) is 0 Å². The summed E-state index contributed by atoms with van der Waals surface area (Å²) in [6, 6.07) is 0.475. The molecule has 0 N–H and O–H groups in total. The van der Waals surface area contributed by atoms with E-state index >= 15 is 0 Å². The van der Waals surface area contributed by atoms with E-state index in [9.17, 15) is 4.57 Å². The van der Waals surface area contributed by atoms with E-state index in [0.29, 0.717) is 17.4 Å². The minimum absolute atomic E-state index is 0.475. The molecule has 2 aliphatic rings. The third-order valence-electron chi connectivity index (χ3n) is 4.67. The SMILES string of the molecule is [B]CP(=O)(C1CCCCC1)C1CCCCC1. The van der Waals surface area contributed by atoms with E-state index in [2.05, 4.69) is 0 Å². The summed E-state index contributed by atoms with van der Waals surface area (Å²) < 4.78 is 13.2. The fraction of sp³-hybridized carbons (Fsp3) is 1.00. The van der Waals surface area contributed by atoms with Crippen molar-refractivity contribution >= 4 is 15.0 Å². The second-order valence-corrected chi connectivity index (χ2v) is 9.15. The van der Waals surface area contributed by atoms with Crippen molar-refractivity contribution in [3.8, 4) is 0 Å². The van der Waals surface area contributed by atoms with Gasteiger partial charge in [0, 0.05) is 11.3 Å². The van der Waals surface area contributed by atoms with Crippen LogP contribution in [0.1, 0.15) is 64.2 Å². The van der Waals surface area contributed by atoms with Crippen molar-refractivity contribution in [3.63, 3.8) is 0 Å². The summed E-state index contributed by atoms with van der Waals surface area (Å²) in [6.45, 7) is 0. The van der Waals surface area contributed by atoms with Crippen LogP contribution in [-0.4, -0.2) is 25.2 Å². The first-order valence-electron chi connectivity index (χ1n) is 7.06. The lowest BCUT2D eigenvalue weighted by Gasteiger charge is -2.37. The maximum absolute atomic E-state index is 13.2. The molecule has 3 heteroatoms. The summed E-state index contributed by atoms with van der Waals surface area (Å²) in [6.07, 6.45) is 12.5. The highest BCUT2D eigenvalue weighted by atomic mass is 31.2.